The summed E-state index contributed by atoms with van der Waals surface area (Å²) in [6.45, 7) is 6.27. The summed E-state index contributed by atoms with van der Waals surface area (Å²) in [5, 5.41) is 5.24. The van der Waals surface area contributed by atoms with E-state index in [-0.39, 0.29) is 6.01 Å². The Morgan fingerprint density at radius 1 is 1.00 bits per heavy atom. The van der Waals surface area contributed by atoms with Gasteiger partial charge in [-0.25, -0.2) is 4.68 Å². The molecule has 0 unspecified atom stereocenters. The Morgan fingerprint density at radius 2 is 1.81 bits per heavy atom. The molecule has 4 aromatic rings. The Hall–Kier alpha value is -3.52. The Morgan fingerprint density at radius 3 is 2.62 bits per heavy atom. The lowest BCUT2D eigenvalue weighted by atomic mass is 10.1. The van der Waals surface area contributed by atoms with Crippen molar-refractivity contribution in [2.75, 3.05) is 18.8 Å². The first kappa shape index (κ1) is 20.4. The Labute approximate surface area is 187 Å². The second-order valence-electron chi connectivity index (χ2n) is 8.33. The van der Waals surface area contributed by atoms with Crippen LogP contribution in [0.25, 0.3) is 11.0 Å². The molecule has 1 aliphatic rings. The Bertz CT molecular complexity index is 1230. The van der Waals surface area contributed by atoms with Crippen LogP contribution in [-0.2, 0) is 19.7 Å². The van der Waals surface area contributed by atoms with Crippen molar-refractivity contribution in [3.63, 3.8) is 0 Å². The normalized spacial score (nSPS) is 14.3. The smallest absolute Gasteiger partial charge is 0.320 e. The number of ether oxygens (including phenoxy) is 1. The zero-order valence-electron chi connectivity index (χ0n) is 18.2. The predicted octanol–water partition coefficient (Wildman–Crippen LogP) is 3.34. The fourth-order valence-corrected chi connectivity index (χ4v) is 4.18. The third-order valence-electron chi connectivity index (χ3n) is 5.76. The van der Waals surface area contributed by atoms with Gasteiger partial charge in [0.1, 0.15) is 12.4 Å². The van der Waals surface area contributed by atoms with E-state index in [4.69, 9.17) is 10.5 Å². The molecule has 2 N–H and O–H groups in total. The molecule has 8 nitrogen and oxygen atoms in total. The van der Waals surface area contributed by atoms with E-state index in [1.165, 1.54) is 37.1 Å². The van der Waals surface area contributed by atoms with E-state index in [0.717, 1.165) is 23.2 Å². The highest BCUT2D eigenvalue weighted by Crippen LogP contribution is 2.22. The highest BCUT2D eigenvalue weighted by atomic mass is 16.5. The van der Waals surface area contributed by atoms with Gasteiger partial charge in [-0.2, -0.15) is 15.1 Å². The van der Waals surface area contributed by atoms with Gasteiger partial charge >= 0.3 is 6.01 Å². The summed E-state index contributed by atoms with van der Waals surface area (Å²) >= 11 is 0. The second-order valence-corrected chi connectivity index (χ2v) is 8.33. The number of fused-ring (bicyclic) bond motifs is 1. The highest BCUT2D eigenvalue weighted by Gasteiger charge is 2.14. The van der Waals surface area contributed by atoms with Gasteiger partial charge in [0, 0.05) is 18.4 Å². The van der Waals surface area contributed by atoms with Crippen molar-refractivity contribution in [1.82, 2.24) is 29.6 Å². The standard InChI is InChI=1S/C24H27N7O/c1-17-11-20(7-8-26-17)16-32-24-28-22(25)21-13-27-31(23(21)29-24)15-19-6-4-5-18(12-19)14-30-9-2-3-10-30/h4-8,11-13H,2-3,9-10,14-16H2,1H3,(H2,25,28,29). The summed E-state index contributed by atoms with van der Waals surface area (Å²) < 4.78 is 7.68. The lowest BCUT2D eigenvalue weighted by molar-refractivity contribution is 0.282. The number of nitrogen functional groups attached to an aromatic ring is 1. The molecular formula is C24H27N7O. The Balaban J connectivity index is 1.35. The number of nitrogens with two attached hydrogens (primary N) is 1. The molecule has 5 rings (SSSR count). The van der Waals surface area contributed by atoms with Gasteiger partial charge in [0.25, 0.3) is 0 Å². The quantitative estimate of drug-likeness (QED) is 0.481. The molecule has 0 spiro atoms. The van der Waals surface area contributed by atoms with Gasteiger partial charge in [0.2, 0.25) is 0 Å². The van der Waals surface area contributed by atoms with Crippen LogP contribution in [0.1, 0.15) is 35.2 Å². The topological polar surface area (TPSA) is 95.0 Å². The largest absolute Gasteiger partial charge is 0.458 e. The molecule has 0 saturated carbocycles. The lowest BCUT2D eigenvalue weighted by Crippen LogP contribution is -2.18. The maximum Gasteiger partial charge on any atom is 0.320 e. The van der Waals surface area contributed by atoms with E-state index in [0.29, 0.717) is 24.6 Å². The van der Waals surface area contributed by atoms with Crippen LogP contribution in [-0.4, -0.2) is 42.7 Å². The number of nitrogens with zero attached hydrogens (tertiary/aromatic N) is 6. The summed E-state index contributed by atoms with van der Waals surface area (Å²) in [6, 6.07) is 12.8. The number of rotatable bonds is 7. The molecule has 0 atom stereocenters. The molecule has 4 heterocycles. The van der Waals surface area contributed by atoms with Crippen LogP contribution in [0.15, 0.2) is 48.8 Å². The van der Waals surface area contributed by atoms with Crippen LogP contribution < -0.4 is 10.5 Å². The number of benzene rings is 1. The minimum Gasteiger partial charge on any atom is -0.458 e. The number of hydrogen-bond acceptors (Lipinski definition) is 7. The molecule has 1 fully saturated rings. The number of aromatic nitrogens is 5. The van der Waals surface area contributed by atoms with Gasteiger partial charge in [-0.3, -0.25) is 9.88 Å². The van der Waals surface area contributed by atoms with Crippen molar-refractivity contribution >= 4 is 16.9 Å². The first-order valence-corrected chi connectivity index (χ1v) is 11.0. The SMILES string of the molecule is Cc1cc(COc2nc(N)c3cnn(Cc4cccc(CN5CCCC5)c4)c3n2)ccn1. The molecular weight excluding hydrogens is 402 g/mol. The maximum absolute atomic E-state index is 6.17. The number of likely N-dealkylation sites (tertiary alicyclic amines) is 1. The third-order valence-corrected chi connectivity index (χ3v) is 5.76. The molecule has 0 aliphatic carbocycles. The van der Waals surface area contributed by atoms with Crippen LogP contribution in [0, 0.1) is 6.92 Å². The van der Waals surface area contributed by atoms with Gasteiger partial charge in [0.15, 0.2) is 5.65 Å². The predicted molar refractivity (Wildman–Crippen MR) is 123 cm³/mol. The summed E-state index contributed by atoms with van der Waals surface area (Å²) in [6.07, 6.45) is 6.07. The van der Waals surface area contributed by atoms with E-state index in [9.17, 15) is 0 Å². The van der Waals surface area contributed by atoms with Crippen LogP contribution in [0.5, 0.6) is 6.01 Å². The minimum atomic E-state index is 0.244. The van der Waals surface area contributed by atoms with Crippen molar-refractivity contribution in [3.8, 4) is 6.01 Å². The van der Waals surface area contributed by atoms with E-state index in [1.807, 2.05) is 23.7 Å². The average molecular weight is 430 g/mol. The zero-order valence-corrected chi connectivity index (χ0v) is 18.2. The van der Waals surface area contributed by atoms with Crippen LogP contribution in [0.4, 0.5) is 5.82 Å². The molecule has 1 aromatic carbocycles. The number of anilines is 1. The van der Waals surface area contributed by atoms with E-state index in [2.05, 4.69) is 49.2 Å². The van der Waals surface area contributed by atoms with Crippen molar-refractivity contribution in [3.05, 3.63) is 71.2 Å². The summed E-state index contributed by atoms with van der Waals surface area (Å²) in [7, 11) is 0. The van der Waals surface area contributed by atoms with Crippen LogP contribution >= 0.6 is 0 Å². The van der Waals surface area contributed by atoms with Gasteiger partial charge in [-0.15, -0.1) is 0 Å². The van der Waals surface area contributed by atoms with Crippen molar-refractivity contribution in [1.29, 1.82) is 0 Å². The third kappa shape index (κ3) is 4.55. The molecule has 8 heteroatoms. The Kier molecular flexibility index (Phi) is 5.68. The molecule has 0 bridgehead atoms. The summed E-state index contributed by atoms with van der Waals surface area (Å²) in [5.74, 6) is 0.366. The van der Waals surface area contributed by atoms with E-state index >= 15 is 0 Å². The molecule has 1 saturated heterocycles. The fourth-order valence-electron chi connectivity index (χ4n) is 4.18. The molecule has 0 radical (unpaired) electrons. The first-order valence-electron chi connectivity index (χ1n) is 11.0. The molecule has 32 heavy (non-hydrogen) atoms. The van der Waals surface area contributed by atoms with Gasteiger partial charge in [-0.05, 0) is 61.7 Å². The van der Waals surface area contributed by atoms with Gasteiger partial charge < -0.3 is 10.5 Å². The van der Waals surface area contributed by atoms with E-state index in [1.54, 1.807) is 12.4 Å². The van der Waals surface area contributed by atoms with Gasteiger partial charge in [0.05, 0.1) is 18.1 Å². The summed E-state index contributed by atoms with van der Waals surface area (Å²) in [4.78, 5) is 15.6. The highest BCUT2D eigenvalue weighted by molar-refractivity contribution is 5.85. The lowest BCUT2D eigenvalue weighted by Gasteiger charge is -2.15. The molecule has 3 aromatic heterocycles. The number of pyridine rings is 1. The minimum absolute atomic E-state index is 0.244. The van der Waals surface area contributed by atoms with Crippen molar-refractivity contribution in [2.45, 2.75) is 39.5 Å². The second kappa shape index (κ2) is 8.92. The van der Waals surface area contributed by atoms with Crippen molar-refractivity contribution < 1.29 is 4.74 Å². The molecule has 1 aliphatic heterocycles. The van der Waals surface area contributed by atoms with Gasteiger partial charge in [-0.1, -0.05) is 24.3 Å². The van der Waals surface area contributed by atoms with Crippen LogP contribution in [0.3, 0.4) is 0 Å². The number of hydrogen-bond donors (Lipinski definition) is 1. The monoisotopic (exact) mass is 429 g/mol. The molecule has 0 amide bonds. The average Bonchev–Trinajstić information content (AvgIpc) is 3.43. The maximum atomic E-state index is 6.17. The fraction of sp³-hybridized carbons (Fsp3) is 0.333. The molecule has 164 valence electrons. The van der Waals surface area contributed by atoms with Crippen LogP contribution in [0.2, 0.25) is 0 Å². The zero-order chi connectivity index (χ0) is 21.9. The summed E-state index contributed by atoms with van der Waals surface area (Å²) in [5.41, 5.74) is 11.3. The first-order chi connectivity index (χ1) is 15.6. The van der Waals surface area contributed by atoms with Crippen molar-refractivity contribution in [2.24, 2.45) is 0 Å². The number of aryl methyl sites for hydroxylation is 1. The van der Waals surface area contributed by atoms with E-state index < -0.39 is 0 Å².